The normalized spacial score (nSPS) is 17.4. The van der Waals surface area contributed by atoms with Crippen LogP contribution in [0.5, 0.6) is 5.75 Å². The molecule has 5 heteroatoms. The third-order valence-electron chi connectivity index (χ3n) is 3.40. The standard InChI is InChI=1S/C15H23NO3.ClH/c1-12-4-3-5-13(2)15(12)19-11-14(17)10-16-6-8-18-9-7-16;/h3-5,14,17H,6-11H2,1-2H3;1H. The van der Waals surface area contributed by atoms with Crippen molar-refractivity contribution in [1.29, 1.82) is 0 Å². The number of halogens is 1. The first-order chi connectivity index (χ1) is 9.16. The van der Waals surface area contributed by atoms with Gasteiger partial charge in [-0.3, -0.25) is 4.90 Å². The molecule has 1 aliphatic heterocycles. The molecule has 1 aromatic carbocycles. The number of rotatable bonds is 5. The molecule has 114 valence electrons. The molecule has 1 atom stereocenters. The smallest absolute Gasteiger partial charge is 0.125 e. The highest BCUT2D eigenvalue weighted by Crippen LogP contribution is 2.22. The Labute approximate surface area is 127 Å². The van der Waals surface area contributed by atoms with Gasteiger partial charge in [0.15, 0.2) is 0 Å². The van der Waals surface area contributed by atoms with Crippen LogP contribution in [0.4, 0.5) is 0 Å². The Kier molecular flexibility index (Phi) is 7.30. The van der Waals surface area contributed by atoms with E-state index in [4.69, 9.17) is 9.47 Å². The van der Waals surface area contributed by atoms with Crippen LogP contribution in [-0.2, 0) is 4.74 Å². The summed E-state index contributed by atoms with van der Waals surface area (Å²) in [6.45, 7) is 8.32. The van der Waals surface area contributed by atoms with Crippen molar-refractivity contribution in [2.24, 2.45) is 0 Å². The van der Waals surface area contributed by atoms with Gasteiger partial charge in [-0.2, -0.15) is 0 Å². The Morgan fingerprint density at radius 1 is 1.25 bits per heavy atom. The summed E-state index contributed by atoms with van der Waals surface area (Å²) in [6.07, 6.45) is -0.461. The van der Waals surface area contributed by atoms with E-state index in [9.17, 15) is 5.11 Å². The third-order valence-corrected chi connectivity index (χ3v) is 3.40. The van der Waals surface area contributed by atoms with Gasteiger partial charge in [0.25, 0.3) is 0 Å². The zero-order chi connectivity index (χ0) is 13.7. The van der Waals surface area contributed by atoms with Gasteiger partial charge in [-0.25, -0.2) is 0 Å². The summed E-state index contributed by atoms with van der Waals surface area (Å²) in [5.74, 6) is 0.892. The van der Waals surface area contributed by atoms with E-state index >= 15 is 0 Å². The van der Waals surface area contributed by atoms with E-state index in [1.807, 2.05) is 32.0 Å². The van der Waals surface area contributed by atoms with E-state index in [0.29, 0.717) is 13.2 Å². The van der Waals surface area contributed by atoms with E-state index in [-0.39, 0.29) is 12.4 Å². The van der Waals surface area contributed by atoms with Gasteiger partial charge in [0.2, 0.25) is 0 Å². The number of aliphatic hydroxyl groups excluding tert-OH is 1. The quantitative estimate of drug-likeness (QED) is 0.900. The van der Waals surface area contributed by atoms with Crippen LogP contribution in [0.3, 0.4) is 0 Å². The third kappa shape index (κ3) is 4.94. The van der Waals surface area contributed by atoms with Gasteiger partial charge in [0.1, 0.15) is 18.5 Å². The molecular formula is C15H24ClNO3. The van der Waals surface area contributed by atoms with Gasteiger partial charge < -0.3 is 14.6 Å². The monoisotopic (exact) mass is 301 g/mol. The molecule has 0 aromatic heterocycles. The fraction of sp³-hybridized carbons (Fsp3) is 0.600. The summed E-state index contributed by atoms with van der Waals surface area (Å²) in [5, 5.41) is 10.0. The fourth-order valence-electron chi connectivity index (χ4n) is 2.34. The number of para-hydroxylation sites is 1. The Hall–Kier alpha value is -0.810. The zero-order valence-corrected chi connectivity index (χ0v) is 13.0. The lowest BCUT2D eigenvalue weighted by molar-refractivity contribution is 0.00454. The van der Waals surface area contributed by atoms with Crippen LogP contribution < -0.4 is 4.74 Å². The molecule has 1 N–H and O–H groups in total. The van der Waals surface area contributed by atoms with Crippen LogP contribution >= 0.6 is 12.4 Å². The lowest BCUT2D eigenvalue weighted by Crippen LogP contribution is -2.42. The second kappa shape index (κ2) is 8.47. The van der Waals surface area contributed by atoms with E-state index in [2.05, 4.69) is 4.90 Å². The van der Waals surface area contributed by atoms with Crippen molar-refractivity contribution in [3.05, 3.63) is 29.3 Å². The summed E-state index contributed by atoms with van der Waals surface area (Å²) in [6, 6.07) is 6.06. The number of β-amino-alcohol motifs (C(OH)–C–C–N with tert-alkyl or cyclic N) is 1. The number of hydrogen-bond donors (Lipinski definition) is 1. The van der Waals surface area contributed by atoms with Crippen LogP contribution in [0.2, 0.25) is 0 Å². The first-order valence-electron chi connectivity index (χ1n) is 6.84. The molecule has 0 amide bonds. The summed E-state index contributed by atoms with van der Waals surface area (Å²) >= 11 is 0. The minimum Gasteiger partial charge on any atom is -0.490 e. The van der Waals surface area contributed by atoms with Crippen molar-refractivity contribution in [2.75, 3.05) is 39.5 Å². The Balaban J connectivity index is 0.00000200. The van der Waals surface area contributed by atoms with Gasteiger partial charge in [-0.1, -0.05) is 18.2 Å². The number of aliphatic hydroxyl groups is 1. The molecule has 1 aliphatic rings. The van der Waals surface area contributed by atoms with Crippen molar-refractivity contribution >= 4 is 12.4 Å². The molecule has 0 saturated carbocycles. The predicted molar refractivity (Wildman–Crippen MR) is 81.9 cm³/mol. The topological polar surface area (TPSA) is 41.9 Å². The Bertz CT molecular complexity index is 388. The molecule has 4 nitrogen and oxygen atoms in total. The molecule has 2 rings (SSSR count). The Morgan fingerprint density at radius 3 is 2.45 bits per heavy atom. The molecule has 1 fully saturated rings. The number of benzene rings is 1. The first-order valence-corrected chi connectivity index (χ1v) is 6.84. The zero-order valence-electron chi connectivity index (χ0n) is 12.2. The highest BCUT2D eigenvalue weighted by molar-refractivity contribution is 5.85. The summed E-state index contributed by atoms with van der Waals surface area (Å²) in [7, 11) is 0. The number of morpholine rings is 1. The van der Waals surface area contributed by atoms with E-state index in [0.717, 1.165) is 43.2 Å². The SMILES string of the molecule is Cc1cccc(C)c1OCC(O)CN1CCOCC1.Cl. The van der Waals surface area contributed by atoms with Crippen LogP contribution in [-0.4, -0.2) is 55.6 Å². The number of nitrogens with zero attached hydrogens (tertiary/aromatic N) is 1. The van der Waals surface area contributed by atoms with Crippen molar-refractivity contribution in [1.82, 2.24) is 4.90 Å². The average molecular weight is 302 g/mol. The molecule has 1 aromatic rings. The van der Waals surface area contributed by atoms with Crippen molar-refractivity contribution in [3.8, 4) is 5.75 Å². The van der Waals surface area contributed by atoms with Crippen LogP contribution in [0, 0.1) is 13.8 Å². The summed E-state index contributed by atoms with van der Waals surface area (Å²) in [4.78, 5) is 2.21. The van der Waals surface area contributed by atoms with Crippen molar-refractivity contribution in [2.45, 2.75) is 20.0 Å². The van der Waals surface area contributed by atoms with Crippen LogP contribution in [0.1, 0.15) is 11.1 Å². The number of hydrogen-bond acceptors (Lipinski definition) is 4. The van der Waals surface area contributed by atoms with E-state index in [1.165, 1.54) is 0 Å². The highest BCUT2D eigenvalue weighted by atomic mass is 35.5. The molecule has 0 bridgehead atoms. The average Bonchev–Trinajstić information content (AvgIpc) is 2.39. The second-order valence-corrected chi connectivity index (χ2v) is 5.10. The van der Waals surface area contributed by atoms with Gasteiger partial charge in [0.05, 0.1) is 13.2 Å². The molecule has 0 spiro atoms. The van der Waals surface area contributed by atoms with Gasteiger partial charge in [-0.05, 0) is 25.0 Å². The first kappa shape index (κ1) is 17.2. The fourth-order valence-corrected chi connectivity index (χ4v) is 2.34. The summed E-state index contributed by atoms with van der Waals surface area (Å²) in [5.41, 5.74) is 2.22. The van der Waals surface area contributed by atoms with Crippen LogP contribution in [0.15, 0.2) is 18.2 Å². The van der Waals surface area contributed by atoms with Gasteiger partial charge in [0, 0.05) is 19.6 Å². The molecule has 1 unspecified atom stereocenters. The molecule has 1 saturated heterocycles. The molecule has 20 heavy (non-hydrogen) atoms. The van der Waals surface area contributed by atoms with E-state index < -0.39 is 6.10 Å². The molecule has 0 aliphatic carbocycles. The second-order valence-electron chi connectivity index (χ2n) is 5.10. The summed E-state index contributed by atoms with van der Waals surface area (Å²) < 4.78 is 11.1. The largest absolute Gasteiger partial charge is 0.490 e. The van der Waals surface area contributed by atoms with Gasteiger partial charge in [-0.15, -0.1) is 12.4 Å². The predicted octanol–water partition coefficient (Wildman–Crippen LogP) is 1.80. The van der Waals surface area contributed by atoms with E-state index in [1.54, 1.807) is 0 Å². The maximum Gasteiger partial charge on any atom is 0.125 e. The highest BCUT2D eigenvalue weighted by Gasteiger charge is 2.15. The minimum absolute atomic E-state index is 0. The van der Waals surface area contributed by atoms with Crippen molar-refractivity contribution < 1.29 is 14.6 Å². The number of ether oxygens (including phenoxy) is 2. The molecule has 0 radical (unpaired) electrons. The minimum atomic E-state index is -0.461. The Morgan fingerprint density at radius 2 is 1.85 bits per heavy atom. The van der Waals surface area contributed by atoms with Gasteiger partial charge >= 0.3 is 0 Å². The maximum absolute atomic E-state index is 10.0. The number of aryl methyl sites for hydroxylation is 2. The lowest BCUT2D eigenvalue weighted by atomic mass is 10.1. The van der Waals surface area contributed by atoms with Crippen molar-refractivity contribution in [3.63, 3.8) is 0 Å². The molecule has 1 heterocycles. The lowest BCUT2D eigenvalue weighted by Gasteiger charge is -2.28. The van der Waals surface area contributed by atoms with Crippen LogP contribution in [0.25, 0.3) is 0 Å². The molecular weight excluding hydrogens is 278 g/mol. The maximum atomic E-state index is 10.0.